The molecule has 2 aliphatic rings. The number of halogens is 3. The summed E-state index contributed by atoms with van der Waals surface area (Å²) in [5.41, 5.74) is 5.29. The van der Waals surface area contributed by atoms with Gasteiger partial charge in [0, 0.05) is 29.6 Å². The first-order chi connectivity index (χ1) is 15.4. The van der Waals surface area contributed by atoms with Crippen molar-refractivity contribution in [3.05, 3.63) is 63.1 Å². The second-order valence-electron chi connectivity index (χ2n) is 8.60. The highest BCUT2D eigenvalue weighted by Gasteiger charge is 2.34. The predicted octanol–water partition coefficient (Wildman–Crippen LogP) is 6.50. The van der Waals surface area contributed by atoms with Gasteiger partial charge >= 0.3 is 0 Å². The normalized spacial score (nSPS) is 22.2. The maximum Gasteiger partial charge on any atom is 0.281 e. The molecule has 0 aromatic heterocycles. The maximum absolute atomic E-state index is 13.2. The number of hydrogen-bond donors (Lipinski definition) is 1. The number of amides is 1. The molecule has 32 heavy (non-hydrogen) atoms. The van der Waals surface area contributed by atoms with Crippen LogP contribution in [0.2, 0.25) is 15.1 Å². The summed E-state index contributed by atoms with van der Waals surface area (Å²) in [5.74, 6) is 0.386. The molecular formula is C24H27Cl3N4O. The van der Waals surface area contributed by atoms with Gasteiger partial charge in [-0.05, 0) is 54.7 Å². The first-order valence-corrected chi connectivity index (χ1v) is 12.2. The molecule has 5 nitrogen and oxygen atoms in total. The van der Waals surface area contributed by atoms with Gasteiger partial charge in [-0.3, -0.25) is 15.2 Å². The van der Waals surface area contributed by atoms with Crippen molar-refractivity contribution in [2.45, 2.75) is 45.1 Å². The van der Waals surface area contributed by atoms with E-state index in [1.54, 1.807) is 12.1 Å². The summed E-state index contributed by atoms with van der Waals surface area (Å²) >= 11 is 18.7. The zero-order chi connectivity index (χ0) is 22.7. The van der Waals surface area contributed by atoms with Gasteiger partial charge in [0.25, 0.3) is 5.91 Å². The van der Waals surface area contributed by atoms with Crippen LogP contribution >= 0.6 is 34.8 Å². The fraction of sp³-hybridized carbons (Fsp3) is 0.417. The summed E-state index contributed by atoms with van der Waals surface area (Å²) in [6, 6.07) is 12.7. The van der Waals surface area contributed by atoms with Crippen molar-refractivity contribution in [1.82, 2.24) is 10.4 Å². The van der Waals surface area contributed by atoms with E-state index in [0.717, 1.165) is 25.1 Å². The molecule has 2 atom stereocenters. The highest BCUT2D eigenvalue weighted by atomic mass is 35.5. The maximum atomic E-state index is 13.2. The molecule has 4 rings (SSSR count). The smallest absolute Gasteiger partial charge is 0.281 e. The Labute approximate surface area is 204 Å². The van der Waals surface area contributed by atoms with Crippen molar-refractivity contribution < 1.29 is 4.79 Å². The molecule has 2 aromatic carbocycles. The molecule has 0 aliphatic carbocycles. The van der Waals surface area contributed by atoms with Gasteiger partial charge in [0.15, 0.2) is 0 Å². The Bertz CT molecular complexity index is 995. The average Bonchev–Trinajstić information content (AvgIpc) is 3.17. The molecule has 2 aromatic rings. The van der Waals surface area contributed by atoms with Gasteiger partial charge in [-0.15, -0.1) is 0 Å². The minimum absolute atomic E-state index is 0.163. The number of anilines is 1. The highest BCUT2D eigenvalue weighted by molar-refractivity contribution is 6.40. The molecule has 1 fully saturated rings. The fourth-order valence-corrected chi connectivity index (χ4v) is 4.94. The van der Waals surface area contributed by atoms with Crippen LogP contribution in [-0.2, 0) is 4.79 Å². The Morgan fingerprint density at radius 3 is 2.53 bits per heavy atom. The topological polar surface area (TPSA) is 47.9 Å². The van der Waals surface area contributed by atoms with Crippen molar-refractivity contribution in [2.24, 2.45) is 11.0 Å². The number of hydrogen-bond acceptors (Lipinski definition) is 4. The number of carbonyl (C=O) groups excluding carboxylic acids is 1. The van der Waals surface area contributed by atoms with E-state index in [0.29, 0.717) is 38.8 Å². The molecule has 0 bridgehead atoms. The molecule has 2 aliphatic heterocycles. The number of benzene rings is 2. The van der Waals surface area contributed by atoms with Crippen molar-refractivity contribution in [1.29, 1.82) is 0 Å². The number of nitrogens with zero attached hydrogens (tertiary/aromatic N) is 3. The van der Waals surface area contributed by atoms with Crippen LogP contribution in [0.15, 0.2) is 47.6 Å². The third-order valence-electron chi connectivity index (χ3n) is 6.00. The van der Waals surface area contributed by atoms with Crippen LogP contribution in [-0.4, -0.2) is 29.7 Å². The lowest BCUT2D eigenvalue weighted by molar-refractivity contribution is -0.119. The zero-order valence-electron chi connectivity index (χ0n) is 18.0. The number of rotatable bonds is 4. The molecule has 0 spiro atoms. The van der Waals surface area contributed by atoms with E-state index in [4.69, 9.17) is 39.9 Å². The van der Waals surface area contributed by atoms with E-state index >= 15 is 0 Å². The number of carbonyl (C=O) groups is 1. The number of nitrogens with one attached hydrogen (secondary N) is 1. The van der Waals surface area contributed by atoms with Crippen LogP contribution in [0.5, 0.6) is 0 Å². The molecule has 1 saturated heterocycles. The van der Waals surface area contributed by atoms with Gasteiger partial charge in [-0.25, -0.2) is 5.01 Å². The largest absolute Gasteiger partial charge is 0.284 e. The summed E-state index contributed by atoms with van der Waals surface area (Å²) in [6.07, 6.45) is 5.19. The monoisotopic (exact) mass is 492 g/mol. The molecular weight excluding hydrogens is 467 g/mol. The molecule has 0 radical (unpaired) electrons. The first kappa shape index (κ1) is 23.4. The van der Waals surface area contributed by atoms with Crippen LogP contribution < -0.4 is 10.4 Å². The molecule has 1 amide bonds. The fourth-order valence-electron chi connectivity index (χ4n) is 4.32. The van der Waals surface area contributed by atoms with Gasteiger partial charge < -0.3 is 0 Å². The van der Waals surface area contributed by atoms with Crippen molar-refractivity contribution >= 4 is 52.1 Å². The first-order valence-electron chi connectivity index (χ1n) is 11.0. The highest BCUT2D eigenvalue weighted by Crippen LogP contribution is 2.39. The van der Waals surface area contributed by atoms with E-state index in [-0.39, 0.29) is 11.9 Å². The van der Waals surface area contributed by atoms with Gasteiger partial charge in [0.2, 0.25) is 0 Å². The average molecular weight is 494 g/mol. The van der Waals surface area contributed by atoms with Crippen molar-refractivity contribution in [3.8, 4) is 0 Å². The Morgan fingerprint density at radius 2 is 1.78 bits per heavy atom. The Kier molecular flexibility index (Phi) is 7.62. The molecule has 8 heteroatoms. The Hall–Kier alpha value is -1.79. The third-order valence-corrected chi connectivity index (χ3v) is 6.79. The molecule has 0 saturated carbocycles. The number of hydrazone groups is 1. The lowest BCUT2D eigenvalue weighted by atomic mass is 10.0. The quantitative estimate of drug-likeness (QED) is 0.529. The SMILES string of the molecule is CC1CCCCCN(NC(=O)C2=NN(c3ccc(Cl)cc3Cl)C(c3ccc(Cl)cc3)C2)C1. The van der Waals surface area contributed by atoms with Crippen LogP contribution in [0.1, 0.15) is 50.6 Å². The summed E-state index contributed by atoms with van der Waals surface area (Å²) in [4.78, 5) is 13.2. The van der Waals surface area contributed by atoms with E-state index < -0.39 is 0 Å². The van der Waals surface area contributed by atoms with E-state index in [1.165, 1.54) is 19.3 Å². The van der Waals surface area contributed by atoms with E-state index in [2.05, 4.69) is 12.3 Å². The summed E-state index contributed by atoms with van der Waals surface area (Å²) < 4.78 is 0. The van der Waals surface area contributed by atoms with Gasteiger partial charge in [-0.1, -0.05) is 66.7 Å². The summed E-state index contributed by atoms with van der Waals surface area (Å²) in [7, 11) is 0. The lowest BCUT2D eigenvalue weighted by Crippen LogP contribution is -2.47. The van der Waals surface area contributed by atoms with Crippen LogP contribution in [0.3, 0.4) is 0 Å². The minimum atomic E-state index is -0.169. The van der Waals surface area contributed by atoms with E-state index in [9.17, 15) is 4.79 Å². The third kappa shape index (κ3) is 5.57. The Morgan fingerprint density at radius 1 is 1.03 bits per heavy atom. The molecule has 2 heterocycles. The van der Waals surface area contributed by atoms with Crippen LogP contribution in [0.25, 0.3) is 0 Å². The lowest BCUT2D eigenvalue weighted by Gasteiger charge is -2.28. The molecule has 1 N–H and O–H groups in total. The minimum Gasteiger partial charge on any atom is -0.284 e. The van der Waals surface area contributed by atoms with Crippen molar-refractivity contribution in [2.75, 3.05) is 18.1 Å². The summed E-state index contributed by atoms with van der Waals surface area (Å²) in [5, 5.41) is 10.3. The van der Waals surface area contributed by atoms with Gasteiger partial charge in [0.05, 0.1) is 16.8 Å². The molecule has 170 valence electrons. The zero-order valence-corrected chi connectivity index (χ0v) is 20.3. The standard InChI is InChI=1S/C24H27Cl3N4O/c1-16-5-3-2-4-12-30(15-16)29-24(32)21-14-23(17-6-8-18(25)9-7-17)31(28-21)22-11-10-19(26)13-20(22)27/h6-11,13,16,23H,2-5,12,14-15H2,1H3,(H,29,32). The second-order valence-corrected chi connectivity index (χ2v) is 9.88. The van der Waals surface area contributed by atoms with Gasteiger partial charge in [-0.2, -0.15) is 5.10 Å². The van der Waals surface area contributed by atoms with Gasteiger partial charge in [0.1, 0.15) is 5.71 Å². The van der Waals surface area contributed by atoms with Crippen molar-refractivity contribution in [3.63, 3.8) is 0 Å². The Balaban J connectivity index is 1.58. The second kappa shape index (κ2) is 10.4. The predicted molar refractivity (Wildman–Crippen MR) is 133 cm³/mol. The summed E-state index contributed by atoms with van der Waals surface area (Å²) in [6.45, 7) is 3.95. The van der Waals surface area contributed by atoms with Crippen LogP contribution in [0, 0.1) is 5.92 Å². The van der Waals surface area contributed by atoms with Crippen LogP contribution in [0.4, 0.5) is 5.69 Å². The van der Waals surface area contributed by atoms with E-state index in [1.807, 2.05) is 40.3 Å². The number of hydrazine groups is 1. The molecule has 2 unspecified atom stereocenters.